The zero-order valence-corrected chi connectivity index (χ0v) is 17.5. The first-order valence-corrected chi connectivity index (χ1v) is 10.2. The molecule has 4 rings (SSSR count). The molecular weight excluding hydrogens is 414 g/mol. The van der Waals surface area contributed by atoms with Crippen molar-refractivity contribution in [3.63, 3.8) is 0 Å². The first kappa shape index (κ1) is 20.7. The van der Waals surface area contributed by atoms with E-state index in [0.717, 1.165) is 0 Å². The lowest BCUT2D eigenvalue weighted by Crippen LogP contribution is -2.29. The predicted octanol–water partition coefficient (Wildman–Crippen LogP) is 5.37. The van der Waals surface area contributed by atoms with Gasteiger partial charge in [0.2, 0.25) is 0 Å². The molecule has 1 unspecified atom stereocenters. The quantitative estimate of drug-likeness (QED) is 0.334. The highest BCUT2D eigenvalue weighted by molar-refractivity contribution is 6.51. The molecule has 0 aliphatic carbocycles. The first-order valence-electron chi connectivity index (χ1n) is 9.86. The first-order chi connectivity index (χ1) is 15.0. The Morgan fingerprint density at radius 3 is 2.39 bits per heavy atom. The summed E-state index contributed by atoms with van der Waals surface area (Å²) in [6.45, 7) is 2.33. The number of hydrogen-bond donors (Lipinski definition) is 1. The Balaban J connectivity index is 1.91. The van der Waals surface area contributed by atoms with E-state index in [1.807, 2.05) is 13.0 Å². The monoisotopic (exact) mass is 433 g/mol. The van der Waals surface area contributed by atoms with E-state index in [1.54, 1.807) is 72.8 Å². The van der Waals surface area contributed by atoms with Crippen LogP contribution in [0.15, 0.2) is 84.4 Å². The van der Waals surface area contributed by atoms with Gasteiger partial charge in [0.15, 0.2) is 0 Å². The number of hydrogen-bond acceptors (Lipinski definition) is 4. The number of benzene rings is 3. The Morgan fingerprint density at radius 1 is 1.00 bits per heavy atom. The summed E-state index contributed by atoms with van der Waals surface area (Å²) >= 11 is 6.05. The minimum Gasteiger partial charge on any atom is -0.507 e. The molecule has 1 aliphatic heterocycles. The molecule has 0 bridgehead atoms. The third kappa shape index (κ3) is 3.92. The number of ketones is 1. The molecule has 1 heterocycles. The van der Waals surface area contributed by atoms with Crippen molar-refractivity contribution in [2.45, 2.75) is 13.0 Å². The molecule has 0 radical (unpaired) electrons. The molecule has 3 aromatic carbocycles. The van der Waals surface area contributed by atoms with Crippen LogP contribution < -0.4 is 9.64 Å². The van der Waals surface area contributed by atoms with Crippen LogP contribution in [0.4, 0.5) is 5.69 Å². The van der Waals surface area contributed by atoms with E-state index in [0.29, 0.717) is 34.2 Å². The van der Waals surface area contributed by atoms with Crippen LogP contribution in [0.5, 0.6) is 5.75 Å². The number of aliphatic hydroxyl groups excluding tert-OH is 1. The van der Waals surface area contributed by atoms with E-state index < -0.39 is 17.7 Å². The number of nitrogens with zero attached hydrogens (tertiary/aromatic N) is 1. The summed E-state index contributed by atoms with van der Waals surface area (Å²) in [6.07, 6.45) is 0. The van der Waals surface area contributed by atoms with Crippen molar-refractivity contribution < 1.29 is 19.4 Å². The number of carbonyl (C=O) groups is 2. The number of anilines is 1. The maximum Gasteiger partial charge on any atom is 0.300 e. The highest BCUT2D eigenvalue weighted by Crippen LogP contribution is 2.42. The van der Waals surface area contributed by atoms with Crippen LogP contribution in [0.2, 0.25) is 5.02 Å². The third-order valence-electron chi connectivity index (χ3n) is 5.08. The van der Waals surface area contributed by atoms with Gasteiger partial charge in [0, 0.05) is 16.3 Å². The lowest BCUT2D eigenvalue weighted by Gasteiger charge is -2.25. The van der Waals surface area contributed by atoms with E-state index in [9.17, 15) is 14.7 Å². The van der Waals surface area contributed by atoms with Gasteiger partial charge in [-0.25, -0.2) is 0 Å². The summed E-state index contributed by atoms with van der Waals surface area (Å²) in [6, 6.07) is 21.8. The molecule has 0 aromatic heterocycles. The van der Waals surface area contributed by atoms with Crippen LogP contribution >= 0.6 is 11.6 Å². The summed E-state index contributed by atoms with van der Waals surface area (Å²) in [5.74, 6) is -1.14. The number of rotatable bonds is 5. The van der Waals surface area contributed by atoms with Gasteiger partial charge in [0.25, 0.3) is 11.7 Å². The molecule has 1 amide bonds. The molecule has 5 nitrogen and oxygen atoms in total. The van der Waals surface area contributed by atoms with E-state index in [2.05, 4.69) is 0 Å². The average Bonchev–Trinajstić information content (AvgIpc) is 3.05. The van der Waals surface area contributed by atoms with Crippen LogP contribution in [0.3, 0.4) is 0 Å². The van der Waals surface area contributed by atoms with Crippen LogP contribution in [-0.4, -0.2) is 23.4 Å². The molecule has 0 spiro atoms. The van der Waals surface area contributed by atoms with Crippen LogP contribution in [0, 0.1) is 0 Å². The van der Waals surface area contributed by atoms with Gasteiger partial charge in [-0.2, -0.15) is 0 Å². The molecule has 1 aliphatic rings. The summed E-state index contributed by atoms with van der Waals surface area (Å²) in [5.41, 5.74) is 1.64. The largest absolute Gasteiger partial charge is 0.507 e. The SMILES string of the molecule is CCOc1cccc(/C(O)=C2/C(=O)C(=O)N(c3ccccc3)C2c2ccc(Cl)cc2)c1. The van der Waals surface area contributed by atoms with Crippen LogP contribution in [0.25, 0.3) is 5.76 Å². The standard InChI is InChI=1S/C25H20ClNO4/c1-2-31-20-10-6-7-17(15-20)23(28)21-22(16-11-13-18(26)14-12-16)27(25(30)24(21)29)19-8-4-3-5-9-19/h3-15,22,28H,2H2,1H3/b23-21-. The lowest BCUT2D eigenvalue weighted by atomic mass is 9.95. The Labute approximate surface area is 185 Å². The van der Waals surface area contributed by atoms with Crippen molar-refractivity contribution in [3.8, 4) is 5.75 Å². The summed E-state index contributed by atoms with van der Waals surface area (Å²) in [7, 11) is 0. The number of amides is 1. The van der Waals surface area contributed by atoms with E-state index in [1.165, 1.54) is 4.90 Å². The number of para-hydroxylation sites is 1. The van der Waals surface area contributed by atoms with Crippen molar-refractivity contribution >= 4 is 34.7 Å². The van der Waals surface area contributed by atoms with Gasteiger partial charge in [-0.05, 0) is 48.9 Å². The van der Waals surface area contributed by atoms with Crippen molar-refractivity contribution in [3.05, 3.63) is 101 Å². The van der Waals surface area contributed by atoms with Gasteiger partial charge in [-0.15, -0.1) is 0 Å². The number of aliphatic hydroxyl groups is 1. The average molecular weight is 434 g/mol. The van der Waals surface area contributed by atoms with Crippen LogP contribution in [-0.2, 0) is 9.59 Å². The Hall–Kier alpha value is -3.57. The molecule has 6 heteroatoms. The predicted molar refractivity (Wildman–Crippen MR) is 120 cm³/mol. The van der Waals surface area contributed by atoms with E-state index in [-0.39, 0.29) is 11.3 Å². The second kappa shape index (κ2) is 8.66. The maximum absolute atomic E-state index is 13.1. The van der Waals surface area contributed by atoms with Crippen molar-refractivity contribution in [2.75, 3.05) is 11.5 Å². The van der Waals surface area contributed by atoms with Gasteiger partial charge in [-0.1, -0.05) is 54.1 Å². The Bertz CT molecular complexity index is 1160. The van der Waals surface area contributed by atoms with E-state index in [4.69, 9.17) is 16.3 Å². The van der Waals surface area contributed by atoms with Gasteiger partial charge in [0.1, 0.15) is 11.5 Å². The topological polar surface area (TPSA) is 66.8 Å². The zero-order valence-electron chi connectivity index (χ0n) is 16.8. The number of halogens is 1. The lowest BCUT2D eigenvalue weighted by molar-refractivity contribution is -0.132. The Morgan fingerprint density at radius 2 is 1.71 bits per heavy atom. The zero-order chi connectivity index (χ0) is 22.0. The van der Waals surface area contributed by atoms with Gasteiger partial charge in [-0.3, -0.25) is 14.5 Å². The molecule has 156 valence electrons. The number of ether oxygens (including phenoxy) is 1. The van der Waals surface area contributed by atoms with Gasteiger partial charge < -0.3 is 9.84 Å². The summed E-state index contributed by atoms with van der Waals surface area (Å²) in [4.78, 5) is 27.6. The second-order valence-electron chi connectivity index (χ2n) is 7.02. The summed E-state index contributed by atoms with van der Waals surface area (Å²) in [5, 5.41) is 11.7. The Kier molecular flexibility index (Phi) is 5.78. The maximum atomic E-state index is 13.1. The molecule has 3 aromatic rings. The molecule has 31 heavy (non-hydrogen) atoms. The van der Waals surface area contributed by atoms with E-state index >= 15 is 0 Å². The van der Waals surface area contributed by atoms with Crippen molar-refractivity contribution in [1.29, 1.82) is 0 Å². The number of carbonyl (C=O) groups excluding carboxylic acids is 2. The third-order valence-corrected chi connectivity index (χ3v) is 5.33. The van der Waals surface area contributed by atoms with Crippen LogP contribution in [0.1, 0.15) is 24.1 Å². The fraction of sp³-hybridized carbons (Fsp3) is 0.120. The molecule has 1 saturated heterocycles. The highest BCUT2D eigenvalue weighted by atomic mass is 35.5. The van der Waals surface area contributed by atoms with Gasteiger partial charge in [0.05, 0.1) is 18.2 Å². The fourth-order valence-corrected chi connectivity index (χ4v) is 3.83. The number of Topliss-reactive ketones (excluding diaryl/α,β-unsaturated/α-hetero) is 1. The van der Waals surface area contributed by atoms with Crippen molar-refractivity contribution in [1.82, 2.24) is 0 Å². The molecular formula is C25H20ClNO4. The normalized spacial score (nSPS) is 17.7. The molecule has 1 N–H and O–H groups in total. The fourth-order valence-electron chi connectivity index (χ4n) is 3.70. The molecule has 1 fully saturated rings. The minimum atomic E-state index is -0.796. The smallest absolute Gasteiger partial charge is 0.300 e. The summed E-state index contributed by atoms with van der Waals surface area (Å²) < 4.78 is 5.51. The highest BCUT2D eigenvalue weighted by Gasteiger charge is 2.46. The molecule has 1 atom stereocenters. The molecule has 0 saturated carbocycles. The minimum absolute atomic E-state index is 0.0184. The second-order valence-corrected chi connectivity index (χ2v) is 7.45. The van der Waals surface area contributed by atoms with Gasteiger partial charge >= 0.3 is 0 Å². The van der Waals surface area contributed by atoms with Crippen molar-refractivity contribution in [2.24, 2.45) is 0 Å².